The summed E-state index contributed by atoms with van der Waals surface area (Å²) in [7, 11) is 0. The molecule has 0 aliphatic carbocycles. The van der Waals surface area contributed by atoms with E-state index in [1.165, 1.54) is 0 Å². The van der Waals surface area contributed by atoms with Gasteiger partial charge in [0.05, 0.1) is 45.9 Å². The number of hydrogen-bond donors (Lipinski definition) is 0. The Morgan fingerprint density at radius 1 is 0.491 bits per heavy atom. The predicted octanol–water partition coefficient (Wildman–Crippen LogP) is 4.83. The van der Waals surface area contributed by atoms with E-state index in [2.05, 4.69) is 0 Å². The molecule has 0 aliphatic rings. The molecule has 0 N–H and O–H groups in total. The maximum Gasteiger partial charge on any atom is 0.320 e. The van der Waals surface area contributed by atoms with E-state index in [9.17, 15) is 24.0 Å². The molecule has 0 bridgehead atoms. The molecule has 14 heteroatoms. The molecule has 0 unspecified atom stereocenters. The first-order chi connectivity index (χ1) is 25.2. The number of rotatable bonds is 22. The third-order valence-electron chi connectivity index (χ3n) is 7.02. The molecule has 1 aromatic rings. The molecule has 1 rings (SSSR count). The molecule has 0 spiro atoms. The Labute approximate surface area is 329 Å². The molecule has 0 saturated heterocycles. The van der Waals surface area contributed by atoms with Crippen molar-refractivity contribution in [1.82, 2.24) is 14.7 Å². The topological polar surface area (TPSA) is 150 Å². The van der Waals surface area contributed by atoms with Crippen molar-refractivity contribution < 1.29 is 52.4 Å². The first-order valence-corrected chi connectivity index (χ1v) is 19.1. The van der Waals surface area contributed by atoms with Crippen LogP contribution >= 0.6 is 0 Å². The van der Waals surface area contributed by atoms with E-state index >= 15 is 0 Å². The van der Waals surface area contributed by atoms with Crippen LogP contribution in [0.4, 0.5) is 0 Å². The number of esters is 5. The summed E-state index contributed by atoms with van der Waals surface area (Å²) in [6, 6.07) is 7.78. The number of nitrogens with zero attached hydrogens (tertiary/aromatic N) is 3. The van der Waals surface area contributed by atoms with E-state index in [-0.39, 0.29) is 65.5 Å². The summed E-state index contributed by atoms with van der Waals surface area (Å²) in [6.07, 6.45) is 1.32. The maximum absolute atomic E-state index is 13.2. The van der Waals surface area contributed by atoms with Gasteiger partial charge in [-0.15, -0.1) is 0 Å². The third kappa shape index (κ3) is 26.7. The van der Waals surface area contributed by atoms with Crippen molar-refractivity contribution in [3.63, 3.8) is 0 Å². The van der Waals surface area contributed by atoms with Crippen molar-refractivity contribution in [2.45, 2.75) is 125 Å². The fourth-order valence-electron chi connectivity index (χ4n) is 5.10. The second kappa shape index (κ2) is 22.7. The number of benzene rings is 1. The van der Waals surface area contributed by atoms with Gasteiger partial charge in [-0.25, -0.2) is 0 Å². The van der Waals surface area contributed by atoms with Crippen LogP contribution in [-0.2, 0) is 54.1 Å². The van der Waals surface area contributed by atoms with Crippen LogP contribution in [-0.4, -0.2) is 139 Å². The summed E-state index contributed by atoms with van der Waals surface area (Å²) >= 11 is 0. The van der Waals surface area contributed by atoms with Crippen LogP contribution in [0.25, 0.3) is 0 Å². The van der Waals surface area contributed by atoms with E-state index in [1.807, 2.05) is 31.2 Å². The molecule has 0 radical (unpaired) electrons. The minimum absolute atomic E-state index is 0.123. The number of aryl methyl sites for hydroxylation is 1. The van der Waals surface area contributed by atoms with Gasteiger partial charge in [0.2, 0.25) is 0 Å². The quantitative estimate of drug-likeness (QED) is 0.0898. The Kier molecular flexibility index (Phi) is 20.3. The Hall–Kier alpha value is -3.75. The molecule has 55 heavy (non-hydrogen) atoms. The fourth-order valence-corrected chi connectivity index (χ4v) is 5.10. The lowest BCUT2D eigenvalue weighted by Crippen LogP contribution is -2.47. The molecular weight excluding hydrogens is 710 g/mol. The number of carbonyl (C=O) groups is 5. The molecule has 1 aromatic carbocycles. The zero-order chi connectivity index (χ0) is 42.0. The zero-order valence-electron chi connectivity index (χ0n) is 35.8. The van der Waals surface area contributed by atoms with Gasteiger partial charge in [-0.1, -0.05) is 12.1 Å². The molecule has 0 aliphatic heterocycles. The highest BCUT2D eigenvalue weighted by Crippen LogP contribution is 2.14. The Bertz CT molecular complexity index is 1230. The van der Waals surface area contributed by atoms with Gasteiger partial charge in [0, 0.05) is 26.2 Å². The van der Waals surface area contributed by atoms with Crippen molar-refractivity contribution >= 4 is 29.8 Å². The highest BCUT2D eigenvalue weighted by atomic mass is 16.6. The maximum atomic E-state index is 13.2. The van der Waals surface area contributed by atoms with Crippen molar-refractivity contribution in [2.24, 2.45) is 0 Å². The molecular formula is C41H69N3O11. The van der Waals surface area contributed by atoms with Gasteiger partial charge in [-0.05, 0) is 121 Å². The van der Waals surface area contributed by atoms with E-state index in [4.69, 9.17) is 28.4 Å². The molecule has 0 fully saturated rings. The summed E-state index contributed by atoms with van der Waals surface area (Å²) in [5, 5.41) is 0. The Morgan fingerprint density at radius 2 is 0.818 bits per heavy atom. The summed E-state index contributed by atoms with van der Waals surface area (Å²) in [4.78, 5) is 69.7. The Balaban J connectivity index is 3.19. The lowest BCUT2D eigenvalue weighted by Gasteiger charge is -2.30. The SMILES string of the molecule is CCOc1ccc(CCCOC(=O)CN(CCN(CC(=O)OC(C)(C)C)CC(=O)OC(C)(C)C)CCN(CC(=O)OC(C)(C)C)CC(=O)OC(C)(C)C)cc1. The average molecular weight is 780 g/mol. The number of hydrogen-bond acceptors (Lipinski definition) is 14. The summed E-state index contributed by atoms with van der Waals surface area (Å²) in [5.41, 5.74) is -1.84. The smallest absolute Gasteiger partial charge is 0.320 e. The van der Waals surface area contributed by atoms with Gasteiger partial charge in [0.25, 0.3) is 0 Å². The standard InChI is InChI=1S/C41H69N3O11/c1-14-50-32-19-17-31(18-20-32)16-15-25-51-33(45)26-42(21-23-43(27-34(46)52-38(2,3)4)28-35(47)53-39(5,6)7)22-24-44(29-36(48)54-40(8,9)10)30-37(49)55-41(11,12)13/h17-20H,14-16,21-30H2,1-13H3. The average Bonchev–Trinajstić information content (AvgIpc) is 2.97. The molecule has 0 atom stereocenters. The number of ether oxygens (including phenoxy) is 6. The lowest BCUT2D eigenvalue weighted by molar-refractivity contribution is -0.162. The predicted molar refractivity (Wildman–Crippen MR) is 210 cm³/mol. The summed E-state index contributed by atoms with van der Waals surface area (Å²) in [5.74, 6) is -1.75. The molecule has 314 valence electrons. The summed E-state index contributed by atoms with van der Waals surface area (Å²) < 4.78 is 33.2. The van der Waals surface area contributed by atoms with Crippen LogP contribution in [0.15, 0.2) is 24.3 Å². The first kappa shape index (κ1) is 49.3. The van der Waals surface area contributed by atoms with Gasteiger partial charge in [0.15, 0.2) is 0 Å². The molecule has 0 aromatic heterocycles. The van der Waals surface area contributed by atoms with Gasteiger partial charge < -0.3 is 28.4 Å². The number of carbonyl (C=O) groups excluding carboxylic acids is 5. The lowest BCUT2D eigenvalue weighted by atomic mass is 10.1. The van der Waals surface area contributed by atoms with Crippen molar-refractivity contribution in [3.8, 4) is 5.75 Å². The third-order valence-corrected chi connectivity index (χ3v) is 7.02. The largest absolute Gasteiger partial charge is 0.494 e. The van der Waals surface area contributed by atoms with Crippen molar-refractivity contribution in [1.29, 1.82) is 0 Å². The highest BCUT2D eigenvalue weighted by molar-refractivity contribution is 5.76. The second-order valence-corrected chi connectivity index (χ2v) is 17.4. The molecule has 0 heterocycles. The van der Waals surface area contributed by atoms with Gasteiger partial charge in [-0.2, -0.15) is 0 Å². The Morgan fingerprint density at radius 3 is 1.15 bits per heavy atom. The van der Waals surface area contributed by atoms with E-state index < -0.39 is 52.3 Å². The van der Waals surface area contributed by atoms with E-state index in [0.717, 1.165) is 11.3 Å². The summed E-state index contributed by atoms with van der Waals surface area (Å²) in [6.45, 7) is 23.7. The van der Waals surface area contributed by atoms with Crippen LogP contribution < -0.4 is 4.74 Å². The van der Waals surface area contributed by atoms with Gasteiger partial charge >= 0.3 is 29.8 Å². The second-order valence-electron chi connectivity index (χ2n) is 17.4. The first-order valence-electron chi connectivity index (χ1n) is 19.1. The van der Waals surface area contributed by atoms with Crippen LogP contribution in [0, 0.1) is 0 Å². The highest BCUT2D eigenvalue weighted by Gasteiger charge is 2.27. The van der Waals surface area contributed by atoms with Crippen LogP contribution in [0.2, 0.25) is 0 Å². The van der Waals surface area contributed by atoms with Gasteiger partial charge in [-0.3, -0.25) is 38.7 Å². The van der Waals surface area contributed by atoms with Crippen LogP contribution in [0.1, 0.15) is 102 Å². The van der Waals surface area contributed by atoms with Crippen LogP contribution in [0.3, 0.4) is 0 Å². The minimum atomic E-state index is -0.733. The zero-order valence-corrected chi connectivity index (χ0v) is 35.8. The van der Waals surface area contributed by atoms with Crippen LogP contribution in [0.5, 0.6) is 5.75 Å². The molecule has 0 amide bonds. The van der Waals surface area contributed by atoms with E-state index in [0.29, 0.717) is 19.4 Å². The normalized spacial score (nSPS) is 12.4. The minimum Gasteiger partial charge on any atom is -0.494 e. The van der Waals surface area contributed by atoms with E-state index in [1.54, 1.807) is 97.8 Å². The van der Waals surface area contributed by atoms with Gasteiger partial charge in [0.1, 0.15) is 28.2 Å². The molecule has 0 saturated carbocycles. The fraction of sp³-hybridized carbons (Fsp3) is 0.732. The molecule has 14 nitrogen and oxygen atoms in total. The van der Waals surface area contributed by atoms with Crippen molar-refractivity contribution in [3.05, 3.63) is 29.8 Å². The monoisotopic (exact) mass is 779 g/mol. The van der Waals surface area contributed by atoms with Crippen molar-refractivity contribution in [2.75, 3.05) is 72.1 Å².